The lowest BCUT2D eigenvalue weighted by molar-refractivity contribution is -0.167. The smallest absolute Gasteiger partial charge is 0.306 e. The summed E-state index contributed by atoms with van der Waals surface area (Å²) in [4.78, 5) is 38.0. The Labute approximate surface area is 373 Å². The van der Waals surface area contributed by atoms with E-state index in [9.17, 15) is 14.4 Å². The van der Waals surface area contributed by atoms with E-state index in [0.717, 1.165) is 64.2 Å². The molecular formula is C54H102O6. The second-order valence-corrected chi connectivity index (χ2v) is 18.2. The highest BCUT2D eigenvalue weighted by molar-refractivity contribution is 5.71. The molecule has 0 rings (SSSR count). The zero-order valence-electron chi connectivity index (χ0n) is 40.5. The Morgan fingerprint density at radius 1 is 0.317 bits per heavy atom. The van der Waals surface area contributed by atoms with E-state index in [2.05, 4.69) is 32.9 Å². The summed E-state index contributed by atoms with van der Waals surface area (Å²) in [5.74, 6) is -0.858. The SMILES string of the molecule is CCCCCCC/C=C\CCCCCCCC(=O)OC(COC(=O)CCCCCCCCCCCCCC)COC(=O)CCCCCCCCCCCCCCCCCC. The van der Waals surface area contributed by atoms with Gasteiger partial charge in [0.15, 0.2) is 6.10 Å². The first-order valence-corrected chi connectivity index (χ1v) is 26.7. The summed E-state index contributed by atoms with van der Waals surface area (Å²) < 4.78 is 16.8. The van der Waals surface area contributed by atoms with Crippen molar-refractivity contribution in [3.05, 3.63) is 12.2 Å². The van der Waals surface area contributed by atoms with Crippen molar-refractivity contribution in [2.75, 3.05) is 13.2 Å². The molecule has 0 aromatic carbocycles. The van der Waals surface area contributed by atoms with Crippen LogP contribution in [0.2, 0.25) is 0 Å². The van der Waals surface area contributed by atoms with E-state index in [1.165, 1.54) is 193 Å². The molecule has 1 unspecified atom stereocenters. The van der Waals surface area contributed by atoms with Crippen molar-refractivity contribution in [2.24, 2.45) is 0 Å². The van der Waals surface area contributed by atoms with Crippen LogP contribution in [-0.2, 0) is 28.6 Å². The first kappa shape index (κ1) is 58.1. The number of hydrogen-bond acceptors (Lipinski definition) is 6. The minimum atomic E-state index is -0.767. The first-order chi connectivity index (χ1) is 29.5. The van der Waals surface area contributed by atoms with E-state index in [0.29, 0.717) is 19.3 Å². The van der Waals surface area contributed by atoms with E-state index in [4.69, 9.17) is 14.2 Å². The maximum Gasteiger partial charge on any atom is 0.306 e. The van der Waals surface area contributed by atoms with Crippen LogP contribution in [-0.4, -0.2) is 37.2 Å². The average molecular weight is 847 g/mol. The molecule has 0 aliphatic carbocycles. The quantitative estimate of drug-likeness (QED) is 0.0263. The molecule has 0 spiro atoms. The third kappa shape index (κ3) is 47.2. The number of allylic oxidation sites excluding steroid dienone is 2. The van der Waals surface area contributed by atoms with E-state index in [1.807, 2.05) is 0 Å². The molecule has 0 bridgehead atoms. The van der Waals surface area contributed by atoms with Crippen molar-refractivity contribution in [1.82, 2.24) is 0 Å². The Morgan fingerprint density at radius 3 is 0.833 bits per heavy atom. The minimum Gasteiger partial charge on any atom is -0.462 e. The Hall–Kier alpha value is -1.85. The lowest BCUT2D eigenvalue weighted by Crippen LogP contribution is -2.30. The van der Waals surface area contributed by atoms with Crippen LogP contribution in [0.3, 0.4) is 0 Å². The number of ether oxygens (including phenoxy) is 3. The maximum atomic E-state index is 12.8. The molecule has 0 aromatic rings. The molecule has 0 aromatic heterocycles. The molecule has 0 aliphatic rings. The number of esters is 3. The summed E-state index contributed by atoms with van der Waals surface area (Å²) in [6.45, 7) is 6.66. The highest BCUT2D eigenvalue weighted by Gasteiger charge is 2.19. The van der Waals surface area contributed by atoms with Crippen LogP contribution < -0.4 is 0 Å². The highest BCUT2D eigenvalue weighted by atomic mass is 16.6. The first-order valence-electron chi connectivity index (χ1n) is 26.7. The number of hydrogen-bond donors (Lipinski definition) is 0. The molecule has 0 radical (unpaired) electrons. The van der Waals surface area contributed by atoms with Gasteiger partial charge in [0.05, 0.1) is 0 Å². The summed E-state index contributed by atoms with van der Waals surface area (Å²) in [6, 6.07) is 0. The second kappa shape index (κ2) is 49.8. The van der Waals surface area contributed by atoms with Crippen LogP contribution in [0.25, 0.3) is 0 Å². The van der Waals surface area contributed by atoms with Gasteiger partial charge in [0.2, 0.25) is 0 Å². The predicted molar refractivity (Wildman–Crippen MR) is 256 cm³/mol. The fraction of sp³-hybridized carbons (Fsp3) is 0.907. The maximum absolute atomic E-state index is 12.8. The molecule has 0 aliphatic heterocycles. The Kier molecular flexibility index (Phi) is 48.3. The molecule has 60 heavy (non-hydrogen) atoms. The minimum absolute atomic E-state index is 0.0679. The zero-order chi connectivity index (χ0) is 43.7. The molecule has 0 saturated carbocycles. The normalized spacial score (nSPS) is 12.0. The monoisotopic (exact) mass is 847 g/mol. The van der Waals surface area contributed by atoms with Crippen LogP contribution in [0.15, 0.2) is 12.2 Å². The summed E-state index contributed by atoms with van der Waals surface area (Å²) in [5, 5.41) is 0. The standard InChI is InChI=1S/C54H102O6/c1-4-7-10-13-16-19-22-25-27-28-30-32-35-38-41-44-47-53(56)59-50-51(49-58-52(55)46-43-40-37-34-31-24-21-18-15-12-9-6-3)60-54(57)48-45-42-39-36-33-29-26-23-20-17-14-11-8-5-2/h23,26,51H,4-22,24-25,27-50H2,1-3H3/b26-23-. The Morgan fingerprint density at radius 2 is 0.550 bits per heavy atom. The lowest BCUT2D eigenvalue weighted by atomic mass is 10.0. The van der Waals surface area contributed by atoms with Gasteiger partial charge in [-0.05, 0) is 44.9 Å². The van der Waals surface area contributed by atoms with Gasteiger partial charge in [-0.3, -0.25) is 14.4 Å². The van der Waals surface area contributed by atoms with Crippen LogP contribution in [0, 0.1) is 0 Å². The van der Waals surface area contributed by atoms with Crippen molar-refractivity contribution in [3.8, 4) is 0 Å². The average Bonchev–Trinajstić information content (AvgIpc) is 3.24. The van der Waals surface area contributed by atoms with Crippen molar-refractivity contribution in [2.45, 2.75) is 303 Å². The molecule has 0 heterocycles. The summed E-state index contributed by atoms with van der Waals surface area (Å²) in [7, 11) is 0. The van der Waals surface area contributed by atoms with Crippen LogP contribution in [0.4, 0.5) is 0 Å². The number of carbonyl (C=O) groups is 3. The predicted octanol–water partition coefficient (Wildman–Crippen LogP) is 17.4. The van der Waals surface area contributed by atoms with E-state index < -0.39 is 6.10 Å². The van der Waals surface area contributed by atoms with Gasteiger partial charge in [-0.15, -0.1) is 0 Å². The van der Waals surface area contributed by atoms with Gasteiger partial charge in [-0.2, -0.15) is 0 Å². The van der Waals surface area contributed by atoms with E-state index in [1.54, 1.807) is 0 Å². The molecular weight excluding hydrogens is 745 g/mol. The molecule has 0 N–H and O–H groups in total. The molecule has 0 saturated heterocycles. The third-order valence-corrected chi connectivity index (χ3v) is 12.0. The zero-order valence-corrected chi connectivity index (χ0v) is 40.5. The fourth-order valence-corrected chi connectivity index (χ4v) is 7.97. The largest absolute Gasteiger partial charge is 0.462 e. The van der Waals surface area contributed by atoms with Crippen LogP contribution >= 0.6 is 0 Å². The van der Waals surface area contributed by atoms with E-state index >= 15 is 0 Å². The summed E-state index contributed by atoms with van der Waals surface area (Å²) >= 11 is 0. The van der Waals surface area contributed by atoms with Crippen LogP contribution in [0.1, 0.15) is 297 Å². The van der Waals surface area contributed by atoms with Gasteiger partial charge in [-0.1, -0.05) is 245 Å². The second-order valence-electron chi connectivity index (χ2n) is 18.2. The molecule has 6 heteroatoms. The summed E-state index contributed by atoms with van der Waals surface area (Å²) in [6.07, 6.45) is 54.8. The summed E-state index contributed by atoms with van der Waals surface area (Å²) in [5.41, 5.74) is 0. The number of rotatable bonds is 49. The molecule has 6 nitrogen and oxygen atoms in total. The van der Waals surface area contributed by atoms with Crippen molar-refractivity contribution in [3.63, 3.8) is 0 Å². The molecule has 0 fully saturated rings. The van der Waals surface area contributed by atoms with Gasteiger partial charge in [-0.25, -0.2) is 0 Å². The van der Waals surface area contributed by atoms with E-state index in [-0.39, 0.29) is 31.1 Å². The fourth-order valence-electron chi connectivity index (χ4n) is 7.97. The van der Waals surface area contributed by atoms with Crippen molar-refractivity contribution < 1.29 is 28.6 Å². The van der Waals surface area contributed by atoms with Gasteiger partial charge in [0.1, 0.15) is 13.2 Å². The Balaban J connectivity index is 4.32. The van der Waals surface area contributed by atoms with Gasteiger partial charge < -0.3 is 14.2 Å². The highest BCUT2D eigenvalue weighted by Crippen LogP contribution is 2.16. The van der Waals surface area contributed by atoms with Gasteiger partial charge >= 0.3 is 17.9 Å². The molecule has 0 amide bonds. The van der Waals surface area contributed by atoms with Crippen LogP contribution in [0.5, 0.6) is 0 Å². The van der Waals surface area contributed by atoms with Crippen molar-refractivity contribution >= 4 is 17.9 Å². The Bertz CT molecular complexity index is 931. The lowest BCUT2D eigenvalue weighted by Gasteiger charge is -2.18. The number of carbonyl (C=O) groups excluding carboxylic acids is 3. The number of unbranched alkanes of at least 4 members (excludes halogenated alkanes) is 36. The third-order valence-electron chi connectivity index (χ3n) is 12.0. The molecule has 354 valence electrons. The topological polar surface area (TPSA) is 78.9 Å². The molecule has 1 atom stereocenters. The van der Waals surface area contributed by atoms with Gasteiger partial charge in [0, 0.05) is 19.3 Å². The van der Waals surface area contributed by atoms with Crippen molar-refractivity contribution in [1.29, 1.82) is 0 Å². The van der Waals surface area contributed by atoms with Gasteiger partial charge in [0.25, 0.3) is 0 Å².